The van der Waals surface area contributed by atoms with Gasteiger partial charge in [-0.15, -0.1) is 0 Å². The molecule has 0 fully saturated rings. The van der Waals surface area contributed by atoms with E-state index in [2.05, 4.69) is 5.32 Å². The molecule has 5 heteroatoms. The Bertz CT molecular complexity index is 342. The number of aliphatic carboxylic acids is 1. The number of carbonyl (C=O) groups excluding carboxylic acids is 2. The van der Waals surface area contributed by atoms with Gasteiger partial charge in [0.1, 0.15) is 5.76 Å². The first-order valence-electron chi connectivity index (χ1n) is 4.14. The third kappa shape index (κ3) is 2.93. The van der Waals surface area contributed by atoms with Crippen molar-refractivity contribution in [3.05, 3.63) is 23.7 Å². The Labute approximate surface area is 80.7 Å². The number of carboxylic acids is 1. The average molecular weight is 196 g/mol. The van der Waals surface area contributed by atoms with Crippen molar-refractivity contribution in [2.45, 2.75) is 13.3 Å². The lowest BCUT2D eigenvalue weighted by molar-refractivity contribution is -0.305. The Kier molecular flexibility index (Phi) is 3.28. The number of carboxylic acid groups (broad SMARTS) is 1. The molecular weight excluding hydrogens is 186 g/mol. The van der Waals surface area contributed by atoms with Crippen molar-refractivity contribution >= 4 is 11.9 Å². The minimum absolute atomic E-state index is 0.0426. The van der Waals surface area contributed by atoms with E-state index in [1.165, 1.54) is 6.07 Å². The molecule has 0 aliphatic carbocycles. The smallest absolute Gasteiger partial charge is 0.287 e. The van der Waals surface area contributed by atoms with E-state index in [4.69, 9.17) is 4.42 Å². The van der Waals surface area contributed by atoms with Crippen LogP contribution in [0.2, 0.25) is 0 Å². The van der Waals surface area contributed by atoms with Crippen molar-refractivity contribution in [1.29, 1.82) is 0 Å². The second kappa shape index (κ2) is 4.45. The molecule has 1 amide bonds. The van der Waals surface area contributed by atoms with Gasteiger partial charge in [0.05, 0.1) is 0 Å². The highest BCUT2D eigenvalue weighted by molar-refractivity contribution is 5.91. The van der Waals surface area contributed by atoms with Gasteiger partial charge in [-0.2, -0.15) is 0 Å². The van der Waals surface area contributed by atoms with Gasteiger partial charge in [-0.05, 0) is 19.1 Å². The van der Waals surface area contributed by atoms with Crippen molar-refractivity contribution < 1.29 is 19.1 Å². The number of hydrogen-bond donors (Lipinski definition) is 1. The Hall–Kier alpha value is -1.78. The first-order valence-corrected chi connectivity index (χ1v) is 4.14. The van der Waals surface area contributed by atoms with E-state index >= 15 is 0 Å². The van der Waals surface area contributed by atoms with Gasteiger partial charge in [-0.25, -0.2) is 0 Å². The molecular formula is C9H10NO4-. The van der Waals surface area contributed by atoms with Crippen molar-refractivity contribution in [2.24, 2.45) is 0 Å². The minimum atomic E-state index is -1.19. The summed E-state index contributed by atoms with van der Waals surface area (Å²) in [6.45, 7) is 1.76. The molecule has 0 saturated carbocycles. The number of amides is 1. The molecule has 1 N–H and O–H groups in total. The molecule has 0 unspecified atom stereocenters. The van der Waals surface area contributed by atoms with E-state index in [1.54, 1.807) is 13.0 Å². The summed E-state index contributed by atoms with van der Waals surface area (Å²) in [6, 6.07) is 3.19. The first-order chi connectivity index (χ1) is 6.59. The summed E-state index contributed by atoms with van der Waals surface area (Å²) in [5.41, 5.74) is 0. The van der Waals surface area contributed by atoms with E-state index in [0.717, 1.165) is 0 Å². The summed E-state index contributed by atoms with van der Waals surface area (Å²) >= 11 is 0. The SMILES string of the molecule is Cc1ccc(C(=O)NCCC(=O)[O-])o1. The summed E-state index contributed by atoms with van der Waals surface area (Å²) in [4.78, 5) is 21.3. The van der Waals surface area contributed by atoms with Gasteiger partial charge in [0.2, 0.25) is 0 Å². The van der Waals surface area contributed by atoms with Crippen LogP contribution in [0.1, 0.15) is 22.7 Å². The van der Waals surface area contributed by atoms with Crippen LogP contribution in [0.3, 0.4) is 0 Å². The summed E-state index contributed by atoms with van der Waals surface area (Å²) in [7, 11) is 0. The van der Waals surface area contributed by atoms with Crippen LogP contribution in [0.25, 0.3) is 0 Å². The highest BCUT2D eigenvalue weighted by atomic mass is 16.4. The van der Waals surface area contributed by atoms with Crippen LogP contribution in [0.4, 0.5) is 0 Å². The third-order valence-electron chi connectivity index (χ3n) is 1.58. The quantitative estimate of drug-likeness (QED) is 0.700. The van der Waals surface area contributed by atoms with Crippen LogP contribution in [0, 0.1) is 6.92 Å². The zero-order valence-corrected chi connectivity index (χ0v) is 7.70. The van der Waals surface area contributed by atoms with Crippen molar-refractivity contribution in [2.75, 3.05) is 6.54 Å². The molecule has 1 heterocycles. The van der Waals surface area contributed by atoms with E-state index in [9.17, 15) is 14.7 Å². The van der Waals surface area contributed by atoms with Gasteiger partial charge in [-0.1, -0.05) is 0 Å². The normalized spacial score (nSPS) is 9.79. The fraction of sp³-hybridized carbons (Fsp3) is 0.333. The molecule has 76 valence electrons. The molecule has 0 spiro atoms. The maximum Gasteiger partial charge on any atom is 0.287 e. The van der Waals surface area contributed by atoms with Crippen LogP contribution in [-0.2, 0) is 4.79 Å². The average Bonchev–Trinajstić information content (AvgIpc) is 2.51. The Morgan fingerprint density at radius 3 is 2.71 bits per heavy atom. The van der Waals surface area contributed by atoms with E-state index < -0.39 is 11.9 Å². The minimum Gasteiger partial charge on any atom is -0.550 e. The first kappa shape index (κ1) is 10.3. The second-order valence-corrected chi connectivity index (χ2v) is 2.79. The number of aryl methyl sites for hydroxylation is 1. The third-order valence-corrected chi connectivity index (χ3v) is 1.58. The van der Waals surface area contributed by atoms with Gasteiger partial charge in [0.15, 0.2) is 5.76 Å². The molecule has 1 rings (SSSR count). The lowest BCUT2D eigenvalue weighted by Gasteiger charge is -2.03. The van der Waals surface area contributed by atoms with Crippen LogP contribution < -0.4 is 10.4 Å². The largest absolute Gasteiger partial charge is 0.550 e. The Morgan fingerprint density at radius 2 is 2.21 bits per heavy atom. The lowest BCUT2D eigenvalue weighted by atomic mass is 10.4. The summed E-state index contributed by atoms with van der Waals surface area (Å²) in [5, 5.41) is 12.4. The fourth-order valence-electron chi connectivity index (χ4n) is 0.922. The Balaban J connectivity index is 2.39. The molecule has 0 saturated heterocycles. The standard InChI is InChI=1S/C9H11NO4/c1-6-2-3-7(14-6)9(13)10-5-4-8(11)12/h2-3H,4-5H2,1H3,(H,10,13)(H,11,12)/p-1. The summed E-state index contributed by atoms with van der Waals surface area (Å²) < 4.78 is 5.03. The molecule has 0 aliphatic rings. The highest BCUT2D eigenvalue weighted by Crippen LogP contribution is 2.05. The predicted octanol–water partition coefficient (Wildman–Crippen LogP) is -0.542. The summed E-state index contributed by atoms with van der Waals surface area (Å²) in [5.74, 6) is -0.795. The van der Waals surface area contributed by atoms with Crippen molar-refractivity contribution in [1.82, 2.24) is 5.32 Å². The number of rotatable bonds is 4. The molecule has 1 aromatic heterocycles. The van der Waals surface area contributed by atoms with E-state index in [1.807, 2.05) is 0 Å². The van der Waals surface area contributed by atoms with Gasteiger partial charge < -0.3 is 19.6 Å². The molecule has 0 bridgehead atoms. The fourth-order valence-corrected chi connectivity index (χ4v) is 0.922. The topological polar surface area (TPSA) is 82.4 Å². The predicted molar refractivity (Wildman–Crippen MR) is 45.4 cm³/mol. The highest BCUT2D eigenvalue weighted by Gasteiger charge is 2.08. The molecule has 0 aromatic carbocycles. The lowest BCUT2D eigenvalue weighted by Crippen LogP contribution is -2.30. The summed E-state index contributed by atoms with van der Waals surface area (Å²) in [6.07, 6.45) is -0.203. The van der Waals surface area contributed by atoms with Gasteiger partial charge in [-0.3, -0.25) is 4.79 Å². The van der Waals surface area contributed by atoms with Gasteiger partial charge in [0, 0.05) is 18.9 Å². The molecule has 14 heavy (non-hydrogen) atoms. The Morgan fingerprint density at radius 1 is 1.50 bits per heavy atom. The molecule has 0 aliphatic heterocycles. The monoisotopic (exact) mass is 196 g/mol. The van der Waals surface area contributed by atoms with E-state index in [0.29, 0.717) is 5.76 Å². The number of furan rings is 1. The molecule has 0 atom stereocenters. The zero-order chi connectivity index (χ0) is 10.6. The number of hydrogen-bond acceptors (Lipinski definition) is 4. The van der Waals surface area contributed by atoms with Crippen molar-refractivity contribution in [3.8, 4) is 0 Å². The maximum absolute atomic E-state index is 11.2. The van der Waals surface area contributed by atoms with Crippen LogP contribution in [-0.4, -0.2) is 18.4 Å². The molecule has 1 aromatic rings. The number of nitrogens with one attached hydrogen (secondary N) is 1. The van der Waals surface area contributed by atoms with Crippen molar-refractivity contribution in [3.63, 3.8) is 0 Å². The van der Waals surface area contributed by atoms with Crippen LogP contribution in [0.15, 0.2) is 16.5 Å². The van der Waals surface area contributed by atoms with Crippen LogP contribution in [0.5, 0.6) is 0 Å². The molecule has 0 radical (unpaired) electrons. The zero-order valence-electron chi connectivity index (χ0n) is 7.70. The maximum atomic E-state index is 11.2. The second-order valence-electron chi connectivity index (χ2n) is 2.79. The van der Waals surface area contributed by atoms with E-state index in [-0.39, 0.29) is 18.7 Å². The number of carbonyl (C=O) groups is 2. The van der Waals surface area contributed by atoms with Gasteiger partial charge in [0.25, 0.3) is 5.91 Å². The van der Waals surface area contributed by atoms with Crippen LogP contribution >= 0.6 is 0 Å². The molecule has 5 nitrogen and oxygen atoms in total. The van der Waals surface area contributed by atoms with Gasteiger partial charge >= 0.3 is 0 Å².